The van der Waals surface area contributed by atoms with Gasteiger partial charge in [0, 0.05) is 0 Å². The van der Waals surface area contributed by atoms with Crippen LogP contribution in [0.1, 0.15) is 19.5 Å². The number of hydrogen-bond donors (Lipinski definition) is 2. The van der Waals surface area contributed by atoms with E-state index >= 15 is 0 Å². The normalized spacial score (nSPS) is 26.7. The third kappa shape index (κ3) is 1.72. The summed E-state index contributed by atoms with van der Waals surface area (Å²) in [6.07, 6.45) is 0. The molecule has 2 fully saturated rings. The molecule has 0 bridgehead atoms. The maximum atomic E-state index is 12.2. The van der Waals surface area contributed by atoms with Gasteiger partial charge in [0.2, 0.25) is 11.8 Å². The van der Waals surface area contributed by atoms with Crippen molar-refractivity contribution in [2.75, 3.05) is 5.43 Å². The first kappa shape index (κ1) is 13.3. The lowest BCUT2D eigenvalue weighted by atomic mass is 10.1. The molecule has 1 aliphatic carbocycles. The van der Waals surface area contributed by atoms with Crippen molar-refractivity contribution in [1.82, 2.24) is 9.88 Å². The number of hydrogen-bond acceptors (Lipinski definition) is 5. The van der Waals surface area contributed by atoms with Gasteiger partial charge in [-0.3, -0.25) is 14.5 Å². The second-order valence-corrected chi connectivity index (χ2v) is 6.22. The van der Waals surface area contributed by atoms with Crippen molar-refractivity contribution in [3.05, 3.63) is 22.8 Å². The van der Waals surface area contributed by atoms with E-state index in [0.717, 1.165) is 0 Å². The monoisotopic (exact) mass is 294 g/mol. The Kier molecular flexibility index (Phi) is 2.78. The molecule has 2 heterocycles. The van der Waals surface area contributed by atoms with Crippen molar-refractivity contribution in [2.45, 2.75) is 20.4 Å². The molecule has 1 aromatic heterocycles. The second kappa shape index (κ2) is 4.17. The lowest BCUT2D eigenvalue weighted by Gasteiger charge is -2.20. The van der Waals surface area contributed by atoms with E-state index in [4.69, 9.17) is 17.4 Å². The summed E-state index contributed by atoms with van der Waals surface area (Å²) in [5, 5.41) is 0.407. The Balaban J connectivity index is 1.84. The summed E-state index contributed by atoms with van der Waals surface area (Å²) in [4.78, 5) is 29.9. The van der Waals surface area contributed by atoms with Gasteiger partial charge in [-0.05, 0) is 17.5 Å². The molecule has 20 heavy (non-hydrogen) atoms. The van der Waals surface area contributed by atoms with Gasteiger partial charge < -0.3 is 5.43 Å². The van der Waals surface area contributed by atoms with E-state index < -0.39 is 0 Å². The van der Waals surface area contributed by atoms with Crippen LogP contribution in [0, 0.1) is 17.3 Å². The molecular weight excluding hydrogens is 280 g/mol. The van der Waals surface area contributed by atoms with Crippen LogP contribution in [-0.2, 0) is 16.1 Å². The van der Waals surface area contributed by atoms with E-state index in [9.17, 15) is 9.59 Å². The molecule has 1 aliphatic heterocycles. The fourth-order valence-corrected chi connectivity index (χ4v) is 3.15. The van der Waals surface area contributed by atoms with Gasteiger partial charge in [0.15, 0.2) is 0 Å². The number of fused-ring (bicyclic) bond motifs is 1. The predicted octanol–water partition coefficient (Wildman–Crippen LogP) is 1.16. The Bertz CT molecular complexity index is 592. The Morgan fingerprint density at radius 2 is 1.95 bits per heavy atom. The third-order valence-electron chi connectivity index (χ3n) is 4.27. The highest BCUT2D eigenvalue weighted by Crippen LogP contribution is 2.63. The molecule has 1 saturated heterocycles. The van der Waals surface area contributed by atoms with E-state index in [1.165, 1.54) is 4.90 Å². The van der Waals surface area contributed by atoms with Gasteiger partial charge in [0.25, 0.3) is 0 Å². The molecule has 6 nitrogen and oxygen atoms in total. The molecule has 0 radical (unpaired) electrons. The van der Waals surface area contributed by atoms with E-state index in [-0.39, 0.29) is 35.6 Å². The Hall–Kier alpha value is -1.66. The number of aromatic nitrogens is 1. The third-order valence-corrected chi connectivity index (χ3v) is 4.61. The molecule has 2 amide bonds. The smallest absolute Gasteiger partial charge is 0.234 e. The van der Waals surface area contributed by atoms with Gasteiger partial charge >= 0.3 is 0 Å². The summed E-state index contributed by atoms with van der Waals surface area (Å²) in [7, 11) is 0. The Morgan fingerprint density at radius 3 is 2.50 bits per heavy atom. The van der Waals surface area contributed by atoms with E-state index in [1.54, 1.807) is 12.1 Å². The van der Waals surface area contributed by atoms with Gasteiger partial charge in [-0.2, -0.15) is 0 Å². The first-order chi connectivity index (χ1) is 9.37. The number of anilines is 1. The van der Waals surface area contributed by atoms with E-state index in [1.807, 2.05) is 13.8 Å². The minimum atomic E-state index is -0.206. The first-order valence-corrected chi connectivity index (χ1v) is 6.73. The number of rotatable bonds is 3. The molecule has 7 heteroatoms. The highest BCUT2D eigenvalue weighted by atomic mass is 35.5. The summed E-state index contributed by atoms with van der Waals surface area (Å²) in [5.41, 5.74) is 2.67. The van der Waals surface area contributed by atoms with Crippen LogP contribution in [0.25, 0.3) is 0 Å². The summed E-state index contributed by atoms with van der Waals surface area (Å²) < 4.78 is 0. The molecule has 0 aromatic carbocycles. The highest BCUT2D eigenvalue weighted by Gasteiger charge is 2.72. The number of halogens is 1. The fraction of sp³-hybridized carbons (Fsp3) is 0.462. The molecule has 3 N–H and O–H groups in total. The van der Waals surface area contributed by atoms with Gasteiger partial charge in [-0.15, -0.1) is 0 Å². The van der Waals surface area contributed by atoms with Crippen LogP contribution in [-0.4, -0.2) is 21.7 Å². The fourth-order valence-electron chi connectivity index (χ4n) is 2.99. The number of piperidine rings is 1. The summed E-state index contributed by atoms with van der Waals surface area (Å²) >= 11 is 6.05. The molecule has 3 rings (SSSR count). The number of nitrogens with two attached hydrogens (primary N) is 1. The number of nitrogens with one attached hydrogen (secondary N) is 1. The van der Waals surface area contributed by atoms with Gasteiger partial charge in [0.05, 0.1) is 29.1 Å². The zero-order chi connectivity index (χ0) is 14.7. The van der Waals surface area contributed by atoms with Crippen LogP contribution in [0.15, 0.2) is 12.1 Å². The average molecular weight is 295 g/mol. The molecule has 1 aromatic rings. The van der Waals surface area contributed by atoms with Crippen LogP contribution in [0.5, 0.6) is 0 Å². The first-order valence-electron chi connectivity index (χ1n) is 6.35. The quantitative estimate of drug-likeness (QED) is 0.496. The van der Waals surface area contributed by atoms with Crippen molar-refractivity contribution < 1.29 is 9.59 Å². The number of hydrazine groups is 1. The van der Waals surface area contributed by atoms with Crippen molar-refractivity contribution in [3.63, 3.8) is 0 Å². The molecule has 0 spiro atoms. The van der Waals surface area contributed by atoms with Crippen LogP contribution < -0.4 is 11.3 Å². The van der Waals surface area contributed by atoms with Crippen molar-refractivity contribution in [2.24, 2.45) is 23.1 Å². The number of carbonyl (C=O) groups excluding carboxylic acids is 2. The predicted molar refractivity (Wildman–Crippen MR) is 73.4 cm³/mol. The van der Waals surface area contributed by atoms with Crippen LogP contribution in [0.3, 0.4) is 0 Å². The number of nitrogen functional groups attached to an aromatic ring is 1. The lowest BCUT2D eigenvalue weighted by Crippen LogP contribution is -2.36. The maximum Gasteiger partial charge on any atom is 0.234 e. The minimum Gasteiger partial charge on any atom is -0.308 e. The number of imide groups is 1. The van der Waals surface area contributed by atoms with Gasteiger partial charge in [-0.25, -0.2) is 10.8 Å². The summed E-state index contributed by atoms with van der Waals surface area (Å²) in [6, 6.07) is 3.26. The van der Waals surface area contributed by atoms with Crippen LogP contribution >= 0.6 is 11.6 Å². The SMILES string of the molecule is CC1(C)C2C(=O)N(Cc3nc(NN)ccc3Cl)C(=O)C21. The van der Waals surface area contributed by atoms with Gasteiger partial charge in [0.1, 0.15) is 5.82 Å². The average Bonchev–Trinajstić information content (AvgIpc) is 2.88. The molecule has 1 saturated carbocycles. The number of pyridine rings is 1. The zero-order valence-corrected chi connectivity index (χ0v) is 11.9. The van der Waals surface area contributed by atoms with Crippen molar-refractivity contribution in [3.8, 4) is 0 Å². The molecule has 2 atom stereocenters. The zero-order valence-electron chi connectivity index (χ0n) is 11.2. The summed E-state index contributed by atoms with van der Waals surface area (Å²) in [6.45, 7) is 3.98. The number of likely N-dealkylation sites (tertiary alicyclic amines) is 1. The summed E-state index contributed by atoms with van der Waals surface area (Å²) in [5.74, 6) is 5.09. The van der Waals surface area contributed by atoms with E-state index in [2.05, 4.69) is 10.4 Å². The topological polar surface area (TPSA) is 88.3 Å². The lowest BCUT2D eigenvalue weighted by molar-refractivity contribution is -0.143. The molecule has 2 unspecified atom stereocenters. The largest absolute Gasteiger partial charge is 0.308 e. The molecule has 2 aliphatic rings. The molecule has 106 valence electrons. The van der Waals surface area contributed by atoms with Crippen molar-refractivity contribution >= 4 is 29.2 Å². The standard InChI is InChI=1S/C13H15ClN4O2/c1-13(2)9-10(13)12(20)18(11(9)19)5-7-6(14)3-4-8(16-7)17-15/h3-4,9-10H,5,15H2,1-2H3,(H,16,17). The Morgan fingerprint density at radius 1 is 1.35 bits per heavy atom. The maximum absolute atomic E-state index is 12.2. The van der Waals surface area contributed by atoms with Crippen LogP contribution in [0.4, 0.5) is 5.82 Å². The molecular formula is C13H15ClN4O2. The number of nitrogens with zero attached hydrogens (tertiary/aromatic N) is 2. The van der Waals surface area contributed by atoms with E-state index in [0.29, 0.717) is 16.5 Å². The minimum absolute atomic E-state index is 0.0924. The number of amides is 2. The highest BCUT2D eigenvalue weighted by molar-refractivity contribution is 6.31. The Labute approximate surface area is 121 Å². The van der Waals surface area contributed by atoms with Gasteiger partial charge in [-0.1, -0.05) is 25.4 Å². The second-order valence-electron chi connectivity index (χ2n) is 5.81. The number of carbonyl (C=O) groups is 2. The van der Waals surface area contributed by atoms with Crippen molar-refractivity contribution in [1.29, 1.82) is 0 Å². The van der Waals surface area contributed by atoms with Crippen LogP contribution in [0.2, 0.25) is 5.02 Å².